The van der Waals surface area contributed by atoms with Gasteiger partial charge in [0.1, 0.15) is 0 Å². The van der Waals surface area contributed by atoms with Crippen LogP contribution in [0.3, 0.4) is 0 Å². The molecule has 4 aromatic carbocycles. The fraction of sp³-hybridized carbons (Fsp3) is 0.0172. The van der Waals surface area contributed by atoms with Crippen molar-refractivity contribution in [3.8, 4) is 67.7 Å². The van der Waals surface area contributed by atoms with Gasteiger partial charge >= 0.3 is 0 Å². The Bertz CT molecular complexity index is 3610. The quantitative estimate of drug-likeness (QED) is 0.151. The van der Waals surface area contributed by atoms with Gasteiger partial charge in [-0.05, 0) is 146 Å². The Kier molecular flexibility index (Phi) is 9.72. The van der Waals surface area contributed by atoms with Crippen molar-refractivity contribution in [1.82, 2.24) is 40.2 Å². The summed E-state index contributed by atoms with van der Waals surface area (Å²) >= 11 is 0. The van der Waals surface area contributed by atoms with Crippen LogP contribution in [0.25, 0.3) is 111 Å². The maximum Gasteiger partial charge on any atom is 0.0886 e. The van der Waals surface area contributed by atoms with E-state index < -0.39 is 0 Å². The fourth-order valence-electron chi connectivity index (χ4n) is 8.82. The molecule has 8 nitrogen and oxygen atoms in total. The van der Waals surface area contributed by atoms with E-state index in [1.807, 2.05) is 104 Å². The van der Waals surface area contributed by atoms with Gasteiger partial charge in [-0.3, -0.25) is 34.9 Å². The molecule has 66 heavy (non-hydrogen) atoms. The highest BCUT2D eigenvalue weighted by Crippen LogP contribution is 2.39. The minimum absolute atomic E-state index is 0.710. The van der Waals surface area contributed by atoms with E-state index in [9.17, 15) is 0 Å². The molecule has 0 saturated carbocycles. The highest BCUT2D eigenvalue weighted by Gasteiger charge is 2.15. The van der Waals surface area contributed by atoms with Crippen molar-refractivity contribution in [2.45, 2.75) is 0 Å². The van der Waals surface area contributed by atoms with Crippen molar-refractivity contribution in [2.24, 2.45) is 0 Å². The van der Waals surface area contributed by atoms with Crippen LogP contribution in [0.2, 0.25) is 0 Å². The zero-order valence-corrected chi connectivity index (χ0v) is 35.5. The molecule has 11 aromatic rings. The minimum Gasteiger partial charge on any atom is -0.380 e. The van der Waals surface area contributed by atoms with Crippen LogP contribution >= 0.6 is 0 Å². The number of allylic oxidation sites excluding steroid dienone is 2. The van der Waals surface area contributed by atoms with Crippen molar-refractivity contribution in [3.05, 3.63) is 224 Å². The second-order valence-electron chi connectivity index (χ2n) is 16.3. The molecule has 8 heteroatoms. The van der Waals surface area contributed by atoms with Crippen LogP contribution in [0.1, 0.15) is 11.1 Å². The lowest BCUT2D eigenvalue weighted by Crippen LogP contribution is -2.18. The SMILES string of the molecule is C1=C(c2ccc3c4ccc(-c5ccc(-c6ccc(-c7ccc(-c8ccccn8)nc7)nc6)nc5)cc4c4ccccc4c3c2)CNC(c2ccc(-c3ccc(-c4ccccn4)nc3)nc2)=C1. The predicted octanol–water partition coefficient (Wildman–Crippen LogP) is 12.9. The molecule has 0 radical (unpaired) electrons. The number of nitrogens with one attached hydrogen (secondary N) is 1. The van der Waals surface area contributed by atoms with E-state index in [0.29, 0.717) is 6.54 Å². The van der Waals surface area contributed by atoms with Gasteiger partial charge in [0.2, 0.25) is 0 Å². The van der Waals surface area contributed by atoms with E-state index in [4.69, 9.17) is 15.0 Å². The third kappa shape index (κ3) is 7.32. The van der Waals surface area contributed by atoms with Crippen LogP contribution in [0.15, 0.2) is 213 Å². The fourth-order valence-corrected chi connectivity index (χ4v) is 8.82. The summed E-state index contributed by atoms with van der Waals surface area (Å²) in [7, 11) is 0. The van der Waals surface area contributed by atoms with E-state index in [1.54, 1.807) is 12.4 Å². The van der Waals surface area contributed by atoms with Gasteiger partial charge in [-0.25, -0.2) is 0 Å². The van der Waals surface area contributed by atoms with Gasteiger partial charge in [0.15, 0.2) is 0 Å². The van der Waals surface area contributed by atoms with Crippen molar-refractivity contribution in [2.75, 3.05) is 6.54 Å². The molecular weight excluding hydrogens is 809 g/mol. The summed E-state index contributed by atoms with van der Waals surface area (Å²) in [5.41, 5.74) is 15.5. The van der Waals surface area contributed by atoms with Gasteiger partial charge in [-0.1, -0.05) is 72.8 Å². The Balaban J connectivity index is 0.776. The summed E-state index contributed by atoms with van der Waals surface area (Å²) in [5.74, 6) is 0. The van der Waals surface area contributed by atoms with Gasteiger partial charge in [0.05, 0.1) is 39.9 Å². The Labute approximate surface area is 380 Å². The molecule has 1 aliphatic rings. The summed E-state index contributed by atoms with van der Waals surface area (Å²) in [5, 5.41) is 11.0. The summed E-state index contributed by atoms with van der Waals surface area (Å²) in [6, 6.07) is 54.5. The van der Waals surface area contributed by atoms with E-state index in [1.165, 1.54) is 43.5 Å². The first-order valence-electron chi connectivity index (χ1n) is 21.9. The van der Waals surface area contributed by atoms with E-state index in [-0.39, 0.29) is 0 Å². The molecule has 1 N–H and O–H groups in total. The largest absolute Gasteiger partial charge is 0.380 e. The molecule has 0 bridgehead atoms. The Hall–Kier alpha value is -9.01. The Morgan fingerprint density at radius 1 is 0.288 bits per heavy atom. The molecule has 0 saturated heterocycles. The molecule has 0 aliphatic carbocycles. The number of dihydropyridines is 1. The number of hydrogen-bond acceptors (Lipinski definition) is 8. The number of pyridine rings is 7. The smallest absolute Gasteiger partial charge is 0.0886 e. The summed E-state index contributed by atoms with van der Waals surface area (Å²) in [6.07, 6.45) is 17.4. The Morgan fingerprint density at radius 2 is 0.697 bits per heavy atom. The topological polar surface area (TPSA) is 102 Å². The second-order valence-corrected chi connectivity index (χ2v) is 16.3. The van der Waals surface area contributed by atoms with Gasteiger partial charge < -0.3 is 5.32 Å². The molecule has 0 atom stereocenters. The van der Waals surface area contributed by atoms with Crippen LogP contribution in [0.4, 0.5) is 0 Å². The lowest BCUT2D eigenvalue weighted by Gasteiger charge is -2.19. The maximum atomic E-state index is 4.89. The number of hydrogen-bond donors (Lipinski definition) is 1. The predicted molar refractivity (Wildman–Crippen MR) is 267 cm³/mol. The van der Waals surface area contributed by atoms with E-state index in [2.05, 4.69) is 122 Å². The van der Waals surface area contributed by atoms with Crippen molar-refractivity contribution in [3.63, 3.8) is 0 Å². The highest BCUT2D eigenvalue weighted by molar-refractivity contribution is 6.26. The lowest BCUT2D eigenvalue weighted by molar-refractivity contribution is 1.01. The standard InChI is InChI=1S/C58H38N8/c1-2-8-46-45(7-1)49-29-37(39-13-21-51(61-31-39)41-15-23-53(63-33-41)43-17-25-57(65-35-43)55-9-3-5-27-59-55)11-19-47(49)48-20-12-38(30-50(46)48)40-14-22-52(62-32-40)42-16-24-54(64-34-42)44-18-26-58(66-36-44)56-10-4-6-28-60-56/h1-31,33-36,62H,32H2. The number of fused-ring (bicyclic) bond motifs is 6. The van der Waals surface area contributed by atoms with Crippen LogP contribution in [0, 0.1) is 0 Å². The molecule has 0 amide bonds. The summed E-state index contributed by atoms with van der Waals surface area (Å²) in [6.45, 7) is 0.710. The van der Waals surface area contributed by atoms with Gasteiger partial charge in [0, 0.05) is 83.4 Å². The molecule has 310 valence electrons. The molecule has 0 fully saturated rings. The summed E-state index contributed by atoms with van der Waals surface area (Å²) < 4.78 is 0. The normalized spacial score (nSPS) is 12.5. The maximum absolute atomic E-state index is 4.89. The Morgan fingerprint density at radius 3 is 1.15 bits per heavy atom. The van der Waals surface area contributed by atoms with Gasteiger partial charge in [-0.2, -0.15) is 0 Å². The number of nitrogens with zero attached hydrogens (tertiary/aromatic N) is 7. The van der Waals surface area contributed by atoms with Crippen LogP contribution < -0.4 is 5.32 Å². The van der Waals surface area contributed by atoms with Crippen LogP contribution in [0.5, 0.6) is 0 Å². The molecule has 8 heterocycles. The van der Waals surface area contributed by atoms with Gasteiger partial charge in [0.25, 0.3) is 0 Å². The third-order valence-electron chi connectivity index (χ3n) is 12.3. The first-order chi connectivity index (χ1) is 32.7. The van der Waals surface area contributed by atoms with E-state index in [0.717, 1.165) is 78.9 Å². The highest BCUT2D eigenvalue weighted by atomic mass is 14.9. The van der Waals surface area contributed by atoms with Crippen molar-refractivity contribution in [1.29, 1.82) is 0 Å². The zero-order valence-electron chi connectivity index (χ0n) is 35.5. The molecule has 7 aromatic heterocycles. The van der Waals surface area contributed by atoms with Gasteiger partial charge in [-0.15, -0.1) is 0 Å². The number of benzene rings is 4. The first kappa shape index (κ1) is 38.6. The van der Waals surface area contributed by atoms with E-state index >= 15 is 0 Å². The lowest BCUT2D eigenvalue weighted by atomic mass is 9.90. The molecular formula is C58H38N8. The monoisotopic (exact) mass is 846 g/mol. The average Bonchev–Trinajstić information content (AvgIpc) is 3.41. The third-order valence-corrected chi connectivity index (χ3v) is 12.3. The minimum atomic E-state index is 0.710. The molecule has 12 rings (SSSR count). The summed E-state index contributed by atoms with van der Waals surface area (Å²) in [4.78, 5) is 32.5. The zero-order chi connectivity index (χ0) is 43.8. The van der Waals surface area contributed by atoms with Crippen LogP contribution in [-0.2, 0) is 0 Å². The number of aromatic nitrogens is 7. The molecule has 0 spiro atoms. The second kappa shape index (κ2) is 16.6. The van der Waals surface area contributed by atoms with Crippen LogP contribution in [-0.4, -0.2) is 41.4 Å². The molecule has 1 aliphatic heterocycles. The van der Waals surface area contributed by atoms with Crippen molar-refractivity contribution >= 4 is 43.6 Å². The number of rotatable bonds is 8. The van der Waals surface area contributed by atoms with Crippen molar-refractivity contribution < 1.29 is 0 Å². The average molecular weight is 847 g/mol. The first-order valence-corrected chi connectivity index (χ1v) is 21.9. The molecule has 0 unspecified atom stereocenters.